The van der Waals surface area contributed by atoms with Crippen LogP contribution in [-0.2, 0) is 18.3 Å². The van der Waals surface area contributed by atoms with Gasteiger partial charge in [-0.15, -0.1) is 0 Å². The molecule has 4 heteroatoms. The fraction of sp³-hybridized carbons (Fsp3) is 0.250. The summed E-state index contributed by atoms with van der Waals surface area (Å²) in [6.07, 6.45) is 2.29. The van der Waals surface area contributed by atoms with E-state index in [2.05, 4.69) is 36.3 Å². The Bertz CT molecular complexity index is 711. The van der Waals surface area contributed by atoms with E-state index in [4.69, 9.17) is 11.6 Å². The van der Waals surface area contributed by atoms with Gasteiger partial charge in [-0.3, -0.25) is 9.48 Å². The summed E-state index contributed by atoms with van der Waals surface area (Å²) >= 11 is 6.41. The van der Waals surface area contributed by atoms with E-state index in [0.717, 1.165) is 35.2 Å². The van der Waals surface area contributed by atoms with Crippen molar-refractivity contribution in [2.75, 3.05) is 0 Å². The molecule has 1 aromatic carbocycles. The SMILES string of the molecule is Cc1ccc(-c2c3c(nn2C)CCC(C=O)=C3Cl)cc1. The molecule has 0 atom stereocenters. The molecular weight excluding hydrogens is 272 g/mol. The van der Waals surface area contributed by atoms with Gasteiger partial charge in [0, 0.05) is 23.7 Å². The van der Waals surface area contributed by atoms with E-state index in [1.165, 1.54) is 5.56 Å². The van der Waals surface area contributed by atoms with Crippen LogP contribution in [0.4, 0.5) is 0 Å². The van der Waals surface area contributed by atoms with Crippen molar-refractivity contribution in [2.45, 2.75) is 19.8 Å². The summed E-state index contributed by atoms with van der Waals surface area (Å²) in [4.78, 5) is 11.1. The van der Waals surface area contributed by atoms with Crippen molar-refractivity contribution in [1.82, 2.24) is 9.78 Å². The Kier molecular flexibility index (Phi) is 3.22. The largest absolute Gasteiger partial charge is 0.298 e. The van der Waals surface area contributed by atoms with Gasteiger partial charge in [-0.05, 0) is 19.8 Å². The van der Waals surface area contributed by atoms with Gasteiger partial charge < -0.3 is 0 Å². The number of rotatable bonds is 2. The molecule has 1 aliphatic rings. The second-order valence-corrected chi connectivity index (χ2v) is 5.49. The first-order valence-electron chi connectivity index (χ1n) is 6.59. The van der Waals surface area contributed by atoms with E-state index in [-0.39, 0.29) is 0 Å². The zero-order chi connectivity index (χ0) is 14.3. The average Bonchev–Trinajstić information content (AvgIpc) is 2.77. The third kappa shape index (κ3) is 1.98. The number of nitrogens with zero attached hydrogens (tertiary/aromatic N) is 2. The lowest BCUT2D eigenvalue weighted by Gasteiger charge is -2.13. The first-order valence-corrected chi connectivity index (χ1v) is 6.96. The Morgan fingerprint density at radius 1 is 1.25 bits per heavy atom. The van der Waals surface area contributed by atoms with Gasteiger partial charge in [-0.25, -0.2) is 0 Å². The van der Waals surface area contributed by atoms with Gasteiger partial charge in [0.25, 0.3) is 0 Å². The molecule has 0 unspecified atom stereocenters. The second-order valence-electron chi connectivity index (χ2n) is 5.12. The number of aldehydes is 1. The summed E-state index contributed by atoms with van der Waals surface area (Å²) in [6.45, 7) is 2.06. The molecule has 0 radical (unpaired) electrons. The summed E-state index contributed by atoms with van der Waals surface area (Å²) < 4.78 is 1.85. The predicted octanol–water partition coefficient (Wildman–Crippen LogP) is 3.49. The molecule has 102 valence electrons. The van der Waals surface area contributed by atoms with E-state index in [9.17, 15) is 4.79 Å². The molecule has 0 bridgehead atoms. The van der Waals surface area contributed by atoms with Crippen molar-refractivity contribution in [3.8, 4) is 11.3 Å². The molecular formula is C16H15ClN2O. The number of aromatic nitrogens is 2. The molecule has 0 aliphatic heterocycles. The lowest BCUT2D eigenvalue weighted by Crippen LogP contribution is -2.02. The van der Waals surface area contributed by atoms with Gasteiger partial charge >= 0.3 is 0 Å². The molecule has 0 fully saturated rings. The smallest absolute Gasteiger partial charge is 0.147 e. The lowest BCUT2D eigenvalue weighted by molar-refractivity contribution is -0.105. The lowest BCUT2D eigenvalue weighted by atomic mass is 9.94. The summed E-state index contributed by atoms with van der Waals surface area (Å²) in [7, 11) is 1.91. The fourth-order valence-electron chi connectivity index (χ4n) is 2.66. The highest BCUT2D eigenvalue weighted by molar-refractivity contribution is 6.51. The number of allylic oxidation sites excluding steroid dienone is 1. The highest BCUT2D eigenvalue weighted by Gasteiger charge is 2.25. The standard InChI is InChI=1S/C16H15ClN2O/c1-10-3-5-11(6-4-10)16-14-13(18-19(16)2)8-7-12(9-20)15(14)17/h3-6,9H,7-8H2,1-2H3. The third-order valence-electron chi connectivity index (χ3n) is 3.72. The zero-order valence-electron chi connectivity index (χ0n) is 11.5. The maximum absolute atomic E-state index is 11.1. The van der Waals surface area contributed by atoms with E-state index in [0.29, 0.717) is 17.0 Å². The number of aryl methyl sites for hydroxylation is 3. The Morgan fingerprint density at radius 2 is 1.95 bits per heavy atom. The molecule has 3 rings (SSSR count). The fourth-order valence-corrected chi connectivity index (χ4v) is 3.00. The van der Waals surface area contributed by atoms with Crippen molar-refractivity contribution in [3.63, 3.8) is 0 Å². The minimum atomic E-state index is 0.546. The van der Waals surface area contributed by atoms with Crippen LogP contribution < -0.4 is 0 Å². The maximum atomic E-state index is 11.1. The zero-order valence-corrected chi connectivity index (χ0v) is 12.2. The van der Waals surface area contributed by atoms with Crippen molar-refractivity contribution in [3.05, 3.63) is 46.7 Å². The molecule has 0 N–H and O–H groups in total. The molecule has 1 aliphatic carbocycles. The number of halogens is 1. The van der Waals surface area contributed by atoms with Crippen LogP contribution >= 0.6 is 11.6 Å². The number of hydrogen-bond donors (Lipinski definition) is 0. The van der Waals surface area contributed by atoms with Crippen LogP contribution in [0.5, 0.6) is 0 Å². The molecule has 20 heavy (non-hydrogen) atoms. The quantitative estimate of drug-likeness (QED) is 0.792. The normalized spacial score (nSPS) is 14.3. The Labute approximate surface area is 122 Å². The van der Waals surface area contributed by atoms with E-state index < -0.39 is 0 Å². The van der Waals surface area contributed by atoms with Gasteiger partial charge in [-0.2, -0.15) is 5.10 Å². The molecule has 0 amide bonds. The number of fused-ring (bicyclic) bond motifs is 1. The number of benzene rings is 1. The highest BCUT2D eigenvalue weighted by Crippen LogP contribution is 2.39. The first-order chi connectivity index (χ1) is 9.61. The molecule has 2 aromatic rings. The Morgan fingerprint density at radius 3 is 2.60 bits per heavy atom. The van der Waals surface area contributed by atoms with Crippen LogP contribution in [0.25, 0.3) is 16.3 Å². The van der Waals surface area contributed by atoms with E-state index in [1.807, 2.05) is 11.7 Å². The van der Waals surface area contributed by atoms with Crippen molar-refractivity contribution in [1.29, 1.82) is 0 Å². The number of carbonyl (C=O) groups is 1. The van der Waals surface area contributed by atoms with Crippen LogP contribution in [0.2, 0.25) is 0 Å². The Hall–Kier alpha value is -1.87. The molecule has 1 aromatic heterocycles. The molecule has 3 nitrogen and oxygen atoms in total. The summed E-state index contributed by atoms with van der Waals surface area (Å²) in [6, 6.07) is 8.25. The summed E-state index contributed by atoms with van der Waals surface area (Å²) in [5, 5.41) is 5.10. The van der Waals surface area contributed by atoms with E-state index in [1.54, 1.807) is 0 Å². The van der Waals surface area contributed by atoms with Crippen LogP contribution in [-0.4, -0.2) is 16.1 Å². The van der Waals surface area contributed by atoms with Crippen LogP contribution in [0.1, 0.15) is 23.2 Å². The molecule has 0 saturated carbocycles. The van der Waals surface area contributed by atoms with Gasteiger partial charge in [0.05, 0.1) is 16.4 Å². The molecule has 1 heterocycles. The van der Waals surface area contributed by atoms with Gasteiger partial charge in [-0.1, -0.05) is 41.4 Å². The van der Waals surface area contributed by atoms with Gasteiger partial charge in [0.2, 0.25) is 0 Å². The highest BCUT2D eigenvalue weighted by atomic mass is 35.5. The summed E-state index contributed by atoms with van der Waals surface area (Å²) in [5.41, 5.74) is 5.80. The third-order valence-corrected chi connectivity index (χ3v) is 4.15. The van der Waals surface area contributed by atoms with Crippen molar-refractivity contribution >= 4 is 22.9 Å². The molecule has 0 spiro atoms. The minimum absolute atomic E-state index is 0.546. The van der Waals surface area contributed by atoms with Gasteiger partial charge in [0.15, 0.2) is 0 Å². The Balaban J connectivity index is 2.24. The van der Waals surface area contributed by atoms with Crippen LogP contribution in [0.15, 0.2) is 29.8 Å². The monoisotopic (exact) mass is 286 g/mol. The summed E-state index contributed by atoms with van der Waals surface area (Å²) in [5.74, 6) is 0. The number of carbonyl (C=O) groups excluding carboxylic acids is 1. The minimum Gasteiger partial charge on any atom is -0.298 e. The van der Waals surface area contributed by atoms with Crippen LogP contribution in [0, 0.1) is 6.92 Å². The first kappa shape index (κ1) is 13.1. The topological polar surface area (TPSA) is 34.9 Å². The second kappa shape index (κ2) is 4.91. The van der Waals surface area contributed by atoms with E-state index >= 15 is 0 Å². The average molecular weight is 287 g/mol. The maximum Gasteiger partial charge on any atom is 0.147 e. The van der Waals surface area contributed by atoms with Crippen molar-refractivity contribution < 1.29 is 4.79 Å². The van der Waals surface area contributed by atoms with Crippen molar-refractivity contribution in [2.24, 2.45) is 7.05 Å². The number of hydrogen-bond acceptors (Lipinski definition) is 2. The predicted molar refractivity (Wildman–Crippen MR) is 80.5 cm³/mol. The van der Waals surface area contributed by atoms with Crippen LogP contribution in [0.3, 0.4) is 0 Å². The molecule has 0 saturated heterocycles. The van der Waals surface area contributed by atoms with Gasteiger partial charge in [0.1, 0.15) is 6.29 Å².